The van der Waals surface area contributed by atoms with Crippen molar-refractivity contribution in [3.63, 3.8) is 0 Å². The van der Waals surface area contributed by atoms with Gasteiger partial charge in [0.1, 0.15) is 11.8 Å². The summed E-state index contributed by atoms with van der Waals surface area (Å²) in [5, 5.41) is 6.65. The van der Waals surface area contributed by atoms with Crippen LogP contribution in [0.4, 0.5) is 0 Å². The van der Waals surface area contributed by atoms with E-state index in [0.717, 1.165) is 17.7 Å². The molecule has 0 aliphatic carbocycles. The molecule has 1 aliphatic heterocycles. The minimum absolute atomic E-state index is 0.0231. The summed E-state index contributed by atoms with van der Waals surface area (Å²) >= 11 is 0. The zero-order chi connectivity index (χ0) is 15.5. The molecule has 0 saturated carbocycles. The van der Waals surface area contributed by atoms with Crippen LogP contribution in [0.3, 0.4) is 0 Å². The Morgan fingerprint density at radius 1 is 1.45 bits per heavy atom. The number of para-hydroxylation sites is 1. The Labute approximate surface area is 128 Å². The topological polar surface area (TPSA) is 77.2 Å². The summed E-state index contributed by atoms with van der Waals surface area (Å²) in [6, 6.07) is 7.60. The number of rotatable bonds is 4. The maximum Gasteiger partial charge on any atom is 0.248 e. The van der Waals surface area contributed by atoms with Crippen LogP contribution in [-0.4, -0.2) is 22.7 Å². The van der Waals surface area contributed by atoms with Gasteiger partial charge in [0.05, 0.1) is 6.61 Å². The van der Waals surface area contributed by atoms with Crippen LogP contribution in [0.25, 0.3) is 0 Å². The quantitative estimate of drug-likeness (QED) is 0.939. The zero-order valence-corrected chi connectivity index (χ0v) is 12.7. The maximum absolute atomic E-state index is 12.3. The molecule has 6 nitrogen and oxygen atoms in total. The summed E-state index contributed by atoms with van der Waals surface area (Å²) in [6.45, 7) is 4.23. The van der Waals surface area contributed by atoms with Crippen molar-refractivity contribution < 1.29 is 14.1 Å². The molecule has 0 unspecified atom stereocenters. The van der Waals surface area contributed by atoms with E-state index in [4.69, 9.17) is 9.26 Å². The summed E-state index contributed by atoms with van der Waals surface area (Å²) in [5.41, 5.74) is 1.10. The van der Waals surface area contributed by atoms with E-state index in [1.54, 1.807) is 6.92 Å². The van der Waals surface area contributed by atoms with Crippen molar-refractivity contribution in [3.05, 3.63) is 41.5 Å². The molecule has 0 spiro atoms. The van der Waals surface area contributed by atoms with Crippen LogP contribution in [0.2, 0.25) is 0 Å². The number of ether oxygens (including phenoxy) is 1. The monoisotopic (exact) mass is 301 g/mol. The fourth-order valence-electron chi connectivity index (χ4n) is 2.70. The third-order valence-corrected chi connectivity index (χ3v) is 3.81. The highest BCUT2D eigenvalue weighted by Gasteiger charge is 2.24. The summed E-state index contributed by atoms with van der Waals surface area (Å²) in [5.74, 6) is 2.03. The predicted molar refractivity (Wildman–Crippen MR) is 79.5 cm³/mol. The van der Waals surface area contributed by atoms with Crippen LogP contribution < -0.4 is 10.1 Å². The Balaban J connectivity index is 1.63. The van der Waals surface area contributed by atoms with Gasteiger partial charge in [-0.3, -0.25) is 4.79 Å². The molecule has 0 bridgehead atoms. The van der Waals surface area contributed by atoms with Crippen LogP contribution >= 0.6 is 0 Å². The summed E-state index contributed by atoms with van der Waals surface area (Å²) in [4.78, 5) is 16.4. The van der Waals surface area contributed by atoms with E-state index in [0.29, 0.717) is 24.7 Å². The van der Waals surface area contributed by atoms with Crippen molar-refractivity contribution in [2.45, 2.75) is 38.6 Å². The van der Waals surface area contributed by atoms with Crippen LogP contribution in [0, 0.1) is 6.92 Å². The van der Waals surface area contributed by atoms with E-state index < -0.39 is 0 Å². The van der Waals surface area contributed by atoms with Crippen molar-refractivity contribution in [2.24, 2.45) is 0 Å². The van der Waals surface area contributed by atoms with E-state index in [2.05, 4.69) is 15.5 Å². The molecule has 1 aromatic carbocycles. The Kier molecular flexibility index (Phi) is 4.09. The molecule has 1 aliphatic rings. The fraction of sp³-hybridized carbons (Fsp3) is 0.438. The smallest absolute Gasteiger partial charge is 0.248 e. The lowest BCUT2D eigenvalue weighted by Gasteiger charge is -2.25. The molecule has 1 amide bonds. The lowest BCUT2D eigenvalue weighted by atomic mass is 9.90. The molecule has 2 aromatic rings. The van der Waals surface area contributed by atoms with Gasteiger partial charge in [-0.2, -0.15) is 4.98 Å². The summed E-state index contributed by atoms with van der Waals surface area (Å²) in [7, 11) is 0. The first-order chi connectivity index (χ1) is 10.6. The highest BCUT2D eigenvalue weighted by Crippen LogP contribution is 2.35. The van der Waals surface area contributed by atoms with E-state index in [1.165, 1.54) is 0 Å². The minimum Gasteiger partial charge on any atom is -0.493 e. The summed E-state index contributed by atoms with van der Waals surface area (Å²) in [6.07, 6.45) is 1.27. The second-order valence-electron chi connectivity index (χ2n) is 5.55. The van der Waals surface area contributed by atoms with Gasteiger partial charge in [0.2, 0.25) is 11.8 Å². The van der Waals surface area contributed by atoms with Gasteiger partial charge in [-0.1, -0.05) is 23.4 Å². The minimum atomic E-state index is -0.288. The molecule has 22 heavy (non-hydrogen) atoms. The van der Waals surface area contributed by atoms with Gasteiger partial charge in [-0.05, 0) is 37.8 Å². The van der Waals surface area contributed by atoms with Crippen molar-refractivity contribution in [2.75, 3.05) is 6.61 Å². The first-order valence-corrected chi connectivity index (χ1v) is 7.45. The number of carbonyl (C=O) groups excluding carboxylic acids is 1. The van der Waals surface area contributed by atoms with Crippen LogP contribution in [0.15, 0.2) is 28.8 Å². The highest BCUT2D eigenvalue weighted by atomic mass is 16.5. The number of aromatic nitrogens is 2. The molecule has 0 fully saturated rings. The largest absolute Gasteiger partial charge is 0.493 e. The standard InChI is InChI=1S/C16H19N3O3/c1-10(16-18-11(2)19-22-16)17-15(20)9-12-7-8-21-14-6-4-3-5-13(12)14/h3-6,10,12H,7-9H2,1-2H3,(H,17,20)/t10-,12+/m0/s1. The average Bonchev–Trinajstić information content (AvgIpc) is 2.94. The Morgan fingerprint density at radius 3 is 3.05 bits per heavy atom. The van der Waals surface area contributed by atoms with E-state index >= 15 is 0 Å². The van der Waals surface area contributed by atoms with Crippen LogP contribution in [-0.2, 0) is 4.79 Å². The molecular weight excluding hydrogens is 282 g/mol. The molecule has 2 heterocycles. The second-order valence-corrected chi connectivity index (χ2v) is 5.55. The third kappa shape index (κ3) is 3.10. The first kappa shape index (κ1) is 14.6. The molecule has 2 atom stereocenters. The summed E-state index contributed by atoms with van der Waals surface area (Å²) < 4.78 is 10.7. The number of nitrogens with zero attached hydrogens (tertiary/aromatic N) is 2. The number of amides is 1. The number of nitrogens with one attached hydrogen (secondary N) is 1. The number of aryl methyl sites for hydroxylation is 1. The molecule has 0 saturated heterocycles. The molecule has 1 aromatic heterocycles. The van der Waals surface area contributed by atoms with Crippen LogP contribution in [0.1, 0.15) is 49.0 Å². The molecule has 1 N–H and O–H groups in total. The van der Waals surface area contributed by atoms with Crippen molar-refractivity contribution in [1.29, 1.82) is 0 Å². The molecule has 3 rings (SSSR count). The number of hydrogen-bond donors (Lipinski definition) is 1. The van der Waals surface area contributed by atoms with Crippen molar-refractivity contribution >= 4 is 5.91 Å². The third-order valence-electron chi connectivity index (χ3n) is 3.81. The average molecular weight is 301 g/mol. The first-order valence-electron chi connectivity index (χ1n) is 7.45. The van der Waals surface area contributed by atoms with Gasteiger partial charge >= 0.3 is 0 Å². The number of carbonyl (C=O) groups is 1. The lowest BCUT2D eigenvalue weighted by Crippen LogP contribution is -2.29. The van der Waals surface area contributed by atoms with Crippen LogP contribution in [0.5, 0.6) is 5.75 Å². The van der Waals surface area contributed by atoms with Gasteiger partial charge in [0, 0.05) is 6.42 Å². The van der Waals surface area contributed by atoms with E-state index in [9.17, 15) is 4.79 Å². The van der Waals surface area contributed by atoms with Gasteiger partial charge in [-0.15, -0.1) is 0 Å². The fourth-order valence-corrected chi connectivity index (χ4v) is 2.70. The Morgan fingerprint density at radius 2 is 2.27 bits per heavy atom. The number of hydrogen-bond acceptors (Lipinski definition) is 5. The molecular formula is C16H19N3O3. The SMILES string of the molecule is Cc1noc([C@H](C)NC(=O)C[C@H]2CCOc3ccccc32)n1. The number of benzene rings is 1. The Hall–Kier alpha value is -2.37. The van der Waals surface area contributed by atoms with Gasteiger partial charge in [-0.25, -0.2) is 0 Å². The Bertz CT molecular complexity index is 668. The molecule has 116 valence electrons. The normalized spacial score (nSPS) is 18.2. The molecule has 0 radical (unpaired) electrons. The predicted octanol–water partition coefficient (Wildman–Crippen LogP) is 2.51. The van der Waals surface area contributed by atoms with Crippen molar-refractivity contribution in [1.82, 2.24) is 15.5 Å². The van der Waals surface area contributed by atoms with Gasteiger partial charge in [0.15, 0.2) is 5.82 Å². The zero-order valence-electron chi connectivity index (χ0n) is 12.7. The van der Waals surface area contributed by atoms with Crippen molar-refractivity contribution in [3.8, 4) is 5.75 Å². The van der Waals surface area contributed by atoms with Gasteiger partial charge < -0.3 is 14.6 Å². The van der Waals surface area contributed by atoms with E-state index in [-0.39, 0.29) is 17.9 Å². The second kappa shape index (κ2) is 6.17. The van der Waals surface area contributed by atoms with Gasteiger partial charge in [0.25, 0.3) is 0 Å². The van der Waals surface area contributed by atoms with E-state index in [1.807, 2.05) is 31.2 Å². The number of fused-ring (bicyclic) bond motifs is 1. The lowest BCUT2D eigenvalue weighted by molar-refractivity contribution is -0.122. The molecule has 6 heteroatoms. The maximum atomic E-state index is 12.3. The highest BCUT2D eigenvalue weighted by molar-refractivity contribution is 5.77.